The third-order valence-corrected chi connectivity index (χ3v) is 5.13. The summed E-state index contributed by atoms with van der Waals surface area (Å²) >= 11 is 7.42. The van der Waals surface area contributed by atoms with Crippen molar-refractivity contribution in [3.05, 3.63) is 41.7 Å². The Labute approximate surface area is 140 Å². The van der Waals surface area contributed by atoms with Crippen molar-refractivity contribution in [1.29, 1.82) is 0 Å². The van der Waals surface area contributed by atoms with Gasteiger partial charge in [0.05, 0.1) is 0 Å². The minimum absolute atomic E-state index is 0.360. The van der Waals surface area contributed by atoms with Crippen molar-refractivity contribution in [2.45, 2.75) is 24.0 Å². The molecule has 1 aromatic carbocycles. The number of rotatable bonds is 5. The van der Waals surface area contributed by atoms with E-state index < -0.39 is 0 Å². The maximum absolute atomic E-state index is 5.73. The molecule has 1 aliphatic rings. The van der Waals surface area contributed by atoms with E-state index in [0.29, 0.717) is 5.88 Å². The predicted octanol–water partition coefficient (Wildman–Crippen LogP) is 3.89. The number of aromatic nitrogens is 3. The number of nitrogens with one attached hydrogen (secondary N) is 1. The smallest absolute Gasteiger partial charge is 0.191 e. The van der Waals surface area contributed by atoms with Crippen molar-refractivity contribution >= 4 is 35.1 Å². The summed E-state index contributed by atoms with van der Waals surface area (Å²) in [4.78, 5) is 0. The molecule has 3 rings (SSSR count). The van der Waals surface area contributed by atoms with Crippen LogP contribution in [0.25, 0.3) is 6.08 Å². The molecule has 0 spiro atoms. The Hall–Kier alpha value is -1.46. The molecular weight excluding hydrogens is 316 g/mol. The maximum atomic E-state index is 5.73. The number of anilines is 1. The third kappa shape index (κ3) is 2.88. The van der Waals surface area contributed by atoms with Crippen LogP contribution in [-0.2, 0) is 12.6 Å². The zero-order valence-corrected chi connectivity index (χ0v) is 14.3. The van der Waals surface area contributed by atoms with Gasteiger partial charge in [-0.15, -0.1) is 21.8 Å². The van der Waals surface area contributed by atoms with E-state index >= 15 is 0 Å². The number of nitrogens with zero attached hydrogens (tertiary/aromatic N) is 3. The van der Waals surface area contributed by atoms with Gasteiger partial charge < -0.3 is 9.88 Å². The van der Waals surface area contributed by atoms with E-state index in [2.05, 4.69) is 51.3 Å². The van der Waals surface area contributed by atoms with E-state index in [9.17, 15) is 0 Å². The Morgan fingerprint density at radius 3 is 2.95 bits per heavy atom. The van der Waals surface area contributed by atoms with Crippen molar-refractivity contribution < 1.29 is 0 Å². The molecule has 1 N–H and O–H groups in total. The molecule has 0 saturated carbocycles. The molecule has 0 aliphatic carbocycles. The Morgan fingerprint density at radius 2 is 2.14 bits per heavy atom. The molecule has 1 atom stereocenters. The summed E-state index contributed by atoms with van der Waals surface area (Å²) in [6.45, 7) is 2.12. The second-order valence-electron chi connectivity index (χ2n) is 5.50. The van der Waals surface area contributed by atoms with Crippen LogP contribution in [0.5, 0.6) is 0 Å². The molecule has 2 aromatic rings. The highest BCUT2D eigenvalue weighted by Crippen LogP contribution is 2.34. The van der Waals surface area contributed by atoms with Gasteiger partial charge in [-0.05, 0) is 25.0 Å². The standard InChI is InChI=1S/C16H19ClN4S/c1-16(9-8-12-6-3-4-7-13(12)18-16)14-19-20-15(21(14)2)22-11-5-10-17/h3-4,6-9,18H,5,10-11H2,1-2H3. The van der Waals surface area contributed by atoms with Gasteiger partial charge in [0, 0.05) is 24.4 Å². The highest BCUT2D eigenvalue weighted by molar-refractivity contribution is 7.99. The van der Waals surface area contributed by atoms with Crippen molar-refractivity contribution in [3.63, 3.8) is 0 Å². The first kappa shape index (κ1) is 15.4. The molecule has 0 bridgehead atoms. The molecule has 0 fully saturated rings. The predicted molar refractivity (Wildman–Crippen MR) is 93.5 cm³/mol. The van der Waals surface area contributed by atoms with Crippen molar-refractivity contribution in [2.75, 3.05) is 16.9 Å². The normalized spacial score (nSPS) is 19.8. The second-order valence-corrected chi connectivity index (χ2v) is 6.94. The Kier molecular flexibility index (Phi) is 4.45. The summed E-state index contributed by atoms with van der Waals surface area (Å²) in [5.41, 5.74) is 1.95. The Morgan fingerprint density at radius 1 is 1.32 bits per heavy atom. The molecule has 1 aliphatic heterocycles. The topological polar surface area (TPSA) is 42.7 Å². The van der Waals surface area contributed by atoms with Crippen LogP contribution in [0, 0.1) is 0 Å². The number of alkyl halides is 1. The molecule has 6 heteroatoms. The minimum atomic E-state index is -0.360. The molecule has 22 heavy (non-hydrogen) atoms. The van der Waals surface area contributed by atoms with Gasteiger partial charge in [0.2, 0.25) is 0 Å². The number of thioether (sulfide) groups is 1. The average molecular weight is 335 g/mol. The maximum Gasteiger partial charge on any atom is 0.191 e. The van der Waals surface area contributed by atoms with Gasteiger partial charge in [-0.25, -0.2) is 0 Å². The third-order valence-electron chi connectivity index (χ3n) is 3.76. The van der Waals surface area contributed by atoms with E-state index in [0.717, 1.165) is 28.8 Å². The van der Waals surface area contributed by atoms with Crippen LogP contribution >= 0.6 is 23.4 Å². The average Bonchev–Trinajstić information content (AvgIpc) is 2.89. The summed E-state index contributed by atoms with van der Waals surface area (Å²) in [5, 5.41) is 13.2. The molecule has 0 saturated heterocycles. The van der Waals surface area contributed by atoms with Gasteiger partial charge in [-0.3, -0.25) is 0 Å². The minimum Gasteiger partial charge on any atom is -0.369 e. The monoisotopic (exact) mass is 334 g/mol. The second kappa shape index (κ2) is 6.34. The molecular formula is C16H19ClN4S. The molecule has 4 nitrogen and oxygen atoms in total. The zero-order valence-electron chi connectivity index (χ0n) is 12.7. The van der Waals surface area contributed by atoms with Gasteiger partial charge in [0.1, 0.15) is 5.54 Å². The SMILES string of the molecule is Cn1c(SCCCCl)nnc1C1(C)C=Cc2ccccc2N1. The number of benzene rings is 1. The summed E-state index contributed by atoms with van der Waals surface area (Å²) in [5.74, 6) is 2.54. The first-order valence-electron chi connectivity index (χ1n) is 7.29. The van der Waals surface area contributed by atoms with Gasteiger partial charge in [0.25, 0.3) is 0 Å². The van der Waals surface area contributed by atoms with Crippen LogP contribution < -0.4 is 5.32 Å². The van der Waals surface area contributed by atoms with Gasteiger partial charge >= 0.3 is 0 Å². The van der Waals surface area contributed by atoms with Gasteiger partial charge in [-0.1, -0.05) is 42.1 Å². The fraction of sp³-hybridized carbons (Fsp3) is 0.375. The lowest BCUT2D eigenvalue weighted by molar-refractivity contribution is 0.583. The van der Waals surface area contributed by atoms with E-state index in [4.69, 9.17) is 11.6 Å². The first-order chi connectivity index (χ1) is 10.6. The fourth-order valence-corrected chi connectivity index (χ4v) is 3.72. The fourth-order valence-electron chi connectivity index (χ4n) is 2.58. The lowest BCUT2D eigenvalue weighted by Crippen LogP contribution is -2.34. The van der Waals surface area contributed by atoms with Crippen molar-refractivity contribution in [2.24, 2.45) is 7.05 Å². The van der Waals surface area contributed by atoms with Crippen LogP contribution in [0.15, 0.2) is 35.5 Å². The highest BCUT2D eigenvalue weighted by atomic mass is 35.5. The van der Waals surface area contributed by atoms with Crippen LogP contribution in [0.2, 0.25) is 0 Å². The summed E-state index contributed by atoms with van der Waals surface area (Å²) in [6, 6.07) is 8.27. The summed E-state index contributed by atoms with van der Waals surface area (Å²) in [6.07, 6.45) is 5.25. The molecule has 0 amide bonds. The van der Waals surface area contributed by atoms with Crippen LogP contribution in [-0.4, -0.2) is 26.4 Å². The van der Waals surface area contributed by atoms with Gasteiger partial charge in [-0.2, -0.15) is 0 Å². The van der Waals surface area contributed by atoms with Crippen molar-refractivity contribution in [1.82, 2.24) is 14.8 Å². The van der Waals surface area contributed by atoms with Crippen molar-refractivity contribution in [3.8, 4) is 0 Å². The van der Waals surface area contributed by atoms with Crippen LogP contribution in [0.4, 0.5) is 5.69 Å². The largest absolute Gasteiger partial charge is 0.369 e. The molecule has 2 heterocycles. The number of halogens is 1. The Balaban J connectivity index is 1.86. The number of para-hydroxylation sites is 1. The quantitative estimate of drug-likeness (QED) is 0.512. The highest BCUT2D eigenvalue weighted by Gasteiger charge is 2.32. The lowest BCUT2D eigenvalue weighted by atomic mass is 9.94. The van der Waals surface area contributed by atoms with Crippen LogP contribution in [0.3, 0.4) is 0 Å². The van der Waals surface area contributed by atoms with E-state index in [1.807, 2.05) is 19.2 Å². The van der Waals surface area contributed by atoms with E-state index in [1.54, 1.807) is 11.8 Å². The summed E-state index contributed by atoms with van der Waals surface area (Å²) in [7, 11) is 2.01. The lowest BCUT2D eigenvalue weighted by Gasteiger charge is -2.31. The zero-order chi connectivity index (χ0) is 15.6. The number of hydrogen-bond acceptors (Lipinski definition) is 4. The summed E-state index contributed by atoms with van der Waals surface area (Å²) < 4.78 is 2.06. The Bertz CT molecular complexity index is 697. The molecule has 1 unspecified atom stereocenters. The number of hydrogen-bond donors (Lipinski definition) is 1. The van der Waals surface area contributed by atoms with Gasteiger partial charge in [0.15, 0.2) is 11.0 Å². The number of fused-ring (bicyclic) bond motifs is 1. The molecule has 0 radical (unpaired) electrons. The van der Waals surface area contributed by atoms with E-state index in [-0.39, 0.29) is 5.54 Å². The molecule has 116 valence electrons. The molecule has 1 aromatic heterocycles. The van der Waals surface area contributed by atoms with Crippen LogP contribution in [0.1, 0.15) is 24.7 Å². The first-order valence-corrected chi connectivity index (χ1v) is 8.81. The van der Waals surface area contributed by atoms with E-state index in [1.165, 1.54) is 5.56 Å².